The maximum absolute atomic E-state index is 5.97. The largest absolute Gasteiger partial charge is 0.378 e. The Balaban J connectivity index is 1.72. The fourth-order valence-electron chi connectivity index (χ4n) is 3.22. The predicted molar refractivity (Wildman–Crippen MR) is 73.9 cm³/mol. The molecule has 1 N–H and O–H groups in total. The van der Waals surface area contributed by atoms with Crippen molar-refractivity contribution in [3.63, 3.8) is 0 Å². The zero-order valence-electron chi connectivity index (χ0n) is 12.0. The SMILES string of the molecule is CCCCCC(C)NC1CCOC2(CCOC2)C1. The Labute approximate surface area is 112 Å². The number of hydrogen-bond acceptors (Lipinski definition) is 3. The standard InChI is InChI=1S/C15H29NO2/c1-3-4-5-6-13(2)16-14-7-9-18-15(11-14)8-10-17-12-15/h13-14,16H,3-12H2,1-2H3. The second kappa shape index (κ2) is 6.88. The first-order valence-corrected chi connectivity index (χ1v) is 7.72. The number of nitrogens with one attached hydrogen (secondary N) is 1. The first kappa shape index (κ1) is 14.3. The van der Waals surface area contributed by atoms with Gasteiger partial charge in [-0.15, -0.1) is 0 Å². The van der Waals surface area contributed by atoms with E-state index in [4.69, 9.17) is 9.47 Å². The Kier molecular flexibility index (Phi) is 5.46. The van der Waals surface area contributed by atoms with E-state index in [9.17, 15) is 0 Å². The van der Waals surface area contributed by atoms with Gasteiger partial charge in [-0.3, -0.25) is 0 Å². The Morgan fingerprint density at radius 3 is 2.94 bits per heavy atom. The summed E-state index contributed by atoms with van der Waals surface area (Å²) >= 11 is 0. The average molecular weight is 255 g/mol. The van der Waals surface area contributed by atoms with Crippen LogP contribution >= 0.6 is 0 Å². The van der Waals surface area contributed by atoms with Gasteiger partial charge in [-0.2, -0.15) is 0 Å². The van der Waals surface area contributed by atoms with Crippen molar-refractivity contribution >= 4 is 0 Å². The molecular formula is C15H29NO2. The van der Waals surface area contributed by atoms with Crippen LogP contribution in [-0.2, 0) is 9.47 Å². The summed E-state index contributed by atoms with van der Waals surface area (Å²) in [7, 11) is 0. The van der Waals surface area contributed by atoms with Crippen LogP contribution in [0.15, 0.2) is 0 Å². The second-order valence-electron chi connectivity index (χ2n) is 6.09. The molecule has 3 nitrogen and oxygen atoms in total. The van der Waals surface area contributed by atoms with E-state index in [-0.39, 0.29) is 5.60 Å². The van der Waals surface area contributed by atoms with Crippen LogP contribution in [0.3, 0.4) is 0 Å². The van der Waals surface area contributed by atoms with E-state index >= 15 is 0 Å². The molecule has 0 aromatic rings. The molecule has 2 saturated heterocycles. The average Bonchev–Trinajstić information content (AvgIpc) is 2.77. The van der Waals surface area contributed by atoms with Gasteiger partial charge in [-0.1, -0.05) is 26.2 Å². The highest BCUT2D eigenvalue weighted by Crippen LogP contribution is 2.33. The van der Waals surface area contributed by atoms with E-state index in [2.05, 4.69) is 19.2 Å². The zero-order valence-corrected chi connectivity index (χ0v) is 12.0. The summed E-state index contributed by atoms with van der Waals surface area (Å²) in [6.45, 7) is 7.15. The molecule has 3 heteroatoms. The van der Waals surface area contributed by atoms with Gasteiger partial charge >= 0.3 is 0 Å². The van der Waals surface area contributed by atoms with Crippen LogP contribution in [0, 0.1) is 0 Å². The molecule has 0 aliphatic carbocycles. The van der Waals surface area contributed by atoms with Crippen LogP contribution in [0.2, 0.25) is 0 Å². The first-order valence-electron chi connectivity index (χ1n) is 7.72. The highest BCUT2D eigenvalue weighted by molar-refractivity contribution is 4.93. The van der Waals surface area contributed by atoms with Crippen LogP contribution in [-0.4, -0.2) is 37.5 Å². The van der Waals surface area contributed by atoms with Gasteiger partial charge in [0.05, 0.1) is 12.2 Å². The van der Waals surface area contributed by atoms with Crippen LogP contribution < -0.4 is 5.32 Å². The molecule has 1 spiro atoms. The van der Waals surface area contributed by atoms with E-state index < -0.39 is 0 Å². The second-order valence-corrected chi connectivity index (χ2v) is 6.09. The van der Waals surface area contributed by atoms with Gasteiger partial charge in [-0.25, -0.2) is 0 Å². The molecule has 0 bridgehead atoms. The minimum atomic E-state index is 0.0407. The van der Waals surface area contributed by atoms with E-state index in [1.807, 2.05) is 0 Å². The fraction of sp³-hybridized carbons (Fsp3) is 1.00. The molecule has 18 heavy (non-hydrogen) atoms. The Hall–Kier alpha value is -0.120. The quantitative estimate of drug-likeness (QED) is 0.740. The van der Waals surface area contributed by atoms with E-state index in [0.717, 1.165) is 39.1 Å². The molecule has 0 amide bonds. The summed E-state index contributed by atoms with van der Waals surface area (Å²) in [5.41, 5.74) is 0.0407. The number of rotatable bonds is 6. The topological polar surface area (TPSA) is 30.5 Å². The summed E-state index contributed by atoms with van der Waals surface area (Å²) in [5, 5.41) is 3.79. The van der Waals surface area contributed by atoms with E-state index in [1.54, 1.807) is 0 Å². The van der Waals surface area contributed by atoms with Crippen molar-refractivity contribution in [3.8, 4) is 0 Å². The molecule has 0 aromatic heterocycles. The third-order valence-electron chi connectivity index (χ3n) is 4.32. The van der Waals surface area contributed by atoms with Crippen molar-refractivity contribution in [1.82, 2.24) is 5.32 Å². The van der Waals surface area contributed by atoms with Crippen molar-refractivity contribution in [3.05, 3.63) is 0 Å². The fourth-order valence-corrected chi connectivity index (χ4v) is 3.22. The number of unbranched alkanes of at least 4 members (excludes halogenated alkanes) is 2. The summed E-state index contributed by atoms with van der Waals surface area (Å²) < 4.78 is 11.5. The smallest absolute Gasteiger partial charge is 0.0951 e. The van der Waals surface area contributed by atoms with E-state index in [0.29, 0.717) is 12.1 Å². The minimum Gasteiger partial charge on any atom is -0.378 e. The summed E-state index contributed by atoms with van der Waals surface area (Å²) in [4.78, 5) is 0. The number of hydrogen-bond donors (Lipinski definition) is 1. The maximum Gasteiger partial charge on any atom is 0.0951 e. The van der Waals surface area contributed by atoms with Crippen molar-refractivity contribution in [2.24, 2.45) is 0 Å². The molecular weight excluding hydrogens is 226 g/mol. The first-order chi connectivity index (χ1) is 8.74. The summed E-state index contributed by atoms with van der Waals surface area (Å²) in [6.07, 6.45) is 8.68. The normalized spacial score (nSPS) is 34.0. The zero-order chi connectivity index (χ0) is 12.8. The highest BCUT2D eigenvalue weighted by atomic mass is 16.6. The molecule has 0 saturated carbocycles. The lowest BCUT2D eigenvalue weighted by molar-refractivity contribution is -0.0902. The Morgan fingerprint density at radius 1 is 1.33 bits per heavy atom. The van der Waals surface area contributed by atoms with Crippen molar-refractivity contribution in [2.45, 2.75) is 76.5 Å². The molecule has 2 fully saturated rings. The van der Waals surface area contributed by atoms with Gasteiger partial charge < -0.3 is 14.8 Å². The van der Waals surface area contributed by atoms with Gasteiger partial charge in [0, 0.05) is 31.7 Å². The van der Waals surface area contributed by atoms with Crippen LogP contribution in [0.25, 0.3) is 0 Å². The molecule has 0 radical (unpaired) electrons. The summed E-state index contributed by atoms with van der Waals surface area (Å²) in [5.74, 6) is 0. The Morgan fingerprint density at radius 2 is 2.22 bits per heavy atom. The van der Waals surface area contributed by atoms with Gasteiger partial charge in [-0.05, 0) is 26.2 Å². The lowest BCUT2D eigenvalue weighted by Gasteiger charge is -2.38. The molecule has 3 atom stereocenters. The van der Waals surface area contributed by atoms with Crippen molar-refractivity contribution in [2.75, 3.05) is 19.8 Å². The predicted octanol–water partition coefficient (Wildman–Crippen LogP) is 2.88. The molecule has 2 rings (SSSR count). The van der Waals surface area contributed by atoms with Gasteiger partial charge in [0.1, 0.15) is 0 Å². The maximum atomic E-state index is 5.97. The lowest BCUT2D eigenvalue weighted by Crippen LogP contribution is -2.49. The lowest BCUT2D eigenvalue weighted by atomic mass is 9.89. The minimum absolute atomic E-state index is 0.0407. The van der Waals surface area contributed by atoms with Crippen molar-refractivity contribution < 1.29 is 9.47 Å². The highest BCUT2D eigenvalue weighted by Gasteiger charge is 2.41. The third kappa shape index (κ3) is 3.94. The van der Waals surface area contributed by atoms with Gasteiger partial charge in [0.15, 0.2) is 0 Å². The molecule has 0 aromatic carbocycles. The third-order valence-corrected chi connectivity index (χ3v) is 4.32. The molecule has 2 aliphatic rings. The van der Waals surface area contributed by atoms with Crippen LogP contribution in [0.4, 0.5) is 0 Å². The van der Waals surface area contributed by atoms with Gasteiger partial charge in [0.25, 0.3) is 0 Å². The molecule has 2 heterocycles. The molecule has 106 valence electrons. The van der Waals surface area contributed by atoms with Crippen LogP contribution in [0.5, 0.6) is 0 Å². The Bertz CT molecular complexity index is 239. The molecule has 2 aliphatic heterocycles. The molecule has 3 unspecified atom stereocenters. The number of ether oxygens (including phenoxy) is 2. The summed E-state index contributed by atoms with van der Waals surface area (Å²) in [6, 6.07) is 1.26. The van der Waals surface area contributed by atoms with Crippen LogP contribution in [0.1, 0.15) is 58.8 Å². The monoisotopic (exact) mass is 255 g/mol. The van der Waals surface area contributed by atoms with Crippen molar-refractivity contribution in [1.29, 1.82) is 0 Å². The van der Waals surface area contributed by atoms with Gasteiger partial charge in [0.2, 0.25) is 0 Å². The van der Waals surface area contributed by atoms with E-state index in [1.165, 1.54) is 25.7 Å².